The van der Waals surface area contributed by atoms with E-state index in [1.807, 2.05) is 12.1 Å². The van der Waals surface area contributed by atoms with Gasteiger partial charge in [0, 0.05) is 11.7 Å². The Morgan fingerprint density at radius 3 is 2.71 bits per heavy atom. The summed E-state index contributed by atoms with van der Waals surface area (Å²) in [7, 11) is 0. The highest BCUT2D eigenvalue weighted by Gasteiger charge is 2.26. The van der Waals surface area contributed by atoms with E-state index in [0.29, 0.717) is 17.5 Å². The number of hydrogen-bond acceptors (Lipinski definition) is 1. The van der Waals surface area contributed by atoms with E-state index in [0.717, 1.165) is 11.6 Å². The topological polar surface area (TPSA) is 12.0 Å². The Hall–Kier alpha value is -1.05. The summed E-state index contributed by atoms with van der Waals surface area (Å²) in [5.74, 6) is 1.30. The van der Waals surface area contributed by atoms with Crippen LogP contribution in [-0.4, -0.2) is 6.04 Å². The first-order valence-corrected chi connectivity index (χ1v) is 6.60. The minimum absolute atomic E-state index is 0.119. The quantitative estimate of drug-likeness (QED) is 0.802. The van der Waals surface area contributed by atoms with Crippen LogP contribution in [0, 0.1) is 24.6 Å². The molecule has 1 fully saturated rings. The second-order valence-electron chi connectivity index (χ2n) is 5.48. The van der Waals surface area contributed by atoms with Gasteiger partial charge in [0.15, 0.2) is 0 Å². The monoisotopic (exact) mass is 235 g/mol. The average Bonchev–Trinajstić information content (AvgIpc) is 2.30. The zero-order valence-corrected chi connectivity index (χ0v) is 11.0. The van der Waals surface area contributed by atoms with Gasteiger partial charge in [0.1, 0.15) is 5.82 Å². The van der Waals surface area contributed by atoms with Crippen LogP contribution in [0.1, 0.15) is 38.7 Å². The summed E-state index contributed by atoms with van der Waals surface area (Å²) in [6, 6.07) is 5.92. The van der Waals surface area contributed by atoms with E-state index >= 15 is 0 Å². The van der Waals surface area contributed by atoms with E-state index in [1.165, 1.54) is 19.3 Å². The summed E-state index contributed by atoms with van der Waals surface area (Å²) in [5.41, 5.74) is 1.62. The largest absolute Gasteiger partial charge is 0.382 e. The molecule has 0 radical (unpaired) electrons. The van der Waals surface area contributed by atoms with Gasteiger partial charge in [-0.05, 0) is 42.9 Å². The molecule has 0 amide bonds. The molecule has 1 aromatic carbocycles. The normalized spacial score (nSPS) is 29.1. The van der Waals surface area contributed by atoms with E-state index in [4.69, 9.17) is 0 Å². The molecule has 1 nitrogen and oxygen atoms in total. The molecule has 3 atom stereocenters. The summed E-state index contributed by atoms with van der Waals surface area (Å²) >= 11 is 0. The zero-order valence-electron chi connectivity index (χ0n) is 11.0. The molecule has 1 saturated carbocycles. The highest BCUT2D eigenvalue weighted by atomic mass is 19.1. The molecule has 1 aliphatic carbocycles. The molecule has 0 aliphatic heterocycles. The third kappa shape index (κ3) is 2.80. The minimum Gasteiger partial charge on any atom is -0.382 e. The summed E-state index contributed by atoms with van der Waals surface area (Å²) < 4.78 is 13.5. The molecule has 0 aromatic heterocycles. The van der Waals surface area contributed by atoms with Gasteiger partial charge in [-0.15, -0.1) is 0 Å². The van der Waals surface area contributed by atoms with Gasteiger partial charge in [0.05, 0.1) is 0 Å². The molecule has 0 saturated heterocycles. The Kier molecular flexibility index (Phi) is 3.70. The molecule has 3 unspecified atom stereocenters. The summed E-state index contributed by atoms with van der Waals surface area (Å²) in [6.07, 6.45) is 3.79. The van der Waals surface area contributed by atoms with Crippen LogP contribution in [0.5, 0.6) is 0 Å². The highest BCUT2D eigenvalue weighted by Crippen LogP contribution is 2.31. The number of benzene rings is 1. The van der Waals surface area contributed by atoms with E-state index in [2.05, 4.69) is 19.2 Å². The van der Waals surface area contributed by atoms with Crippen LogP contribution in [0.4, 0.5) is 10.1 Å². The Morgan fingerprint density at radius 2 is 2.00 bits per heavy atom. The van der Waals surface area contributed by atoms with Gasteiger partial charge in [-0.3, -0.25) is 0 Å². The van der Waals surface area contributed by atoms with Crippen molar-refractivity contribution in [1.29, 1.82) is 0 Å². The number of halogens is 1. The molecule has 0 heterocycles. The lowest BCUT2D eigenvalue weighted by Gasteiger charge is -2.35. The molecule has 0 bridgehead atoms. The summed E-state index contributed by atoms with van der Waals surface area (Å²) in [5, 5.41) is 3.49. The molecule has 94 valence electrons. The maximum atomic E-state index is 13.5. The van der Waals surface area contributed by atoms with Crippen LogP contribution in [0.25, 0.3) is 0 Å². The maximum absolute atomic E-state index is 13.5. The van der Waals surface area contributed by atoms with Gasteiger partial charge in [-0.25, -0.2) is 4.39 Å². The van der Waals surface area contributed by atoms with E-state index < -0.39 is 0 Å². The average molecular weight is 235 g/mol. The third-order valence-corrected chi connectivity index (χ3v) is 4.23. The van der Waals surface area contributed by atoms with Crippen molar-refractivity contribution in [2.75, 3.05) is 5.32 Å². The molecule has 2 heteroatoms. The maximum Gasteiger partial charge on any atom is 0.128 e. The first-order chi connectivity index (χ1) is 8.08. The van der Waals surface area contributed by atoms with Crippen LogP contribution >= 0.6 is 0 Å². The fourth-order valence-electron chi connectivity index (χ4n) is 2.68. The van der Waals surface area contributed by atoms with Gasteiger partial charge >= 0.3 is 0 Å². The molecular formula is C15H22FN. The van der Waals surface area contributed by atoms with Crippen molar-refractivity contribution in [2.24, 2.45) is 11.8 Å². The predicted molar refractivity (Wildman–Crippen MR) is 70.7 cm³/mol. The number of anilines is 1. The number of aryl methyl sites for hydroxylation is 1. The number of hydrogen-bond donors (Lipinski definition) is 1. The third-order valence-electron chi connectivity index (χ3n) is 4.23. The van der Waals surface area contributed by atoms with E-state index in [1.54, 1.807) is 13.0 Å². The lowest BCUT2D eigenvalue weighted by molar-refractivity contribution is 0.253. The SMILES string of the molecule is Cc1ccc(NC2CCCC(C)C2C)cc1F. The van der Waals surface area contributed by atoms with Gasteiger partial charge < -0.3 is 5.32 Å². The molecule has 1 aromatic rings. The molecule has 0 spiro atoms. The number of rotatable bonds is 2. The highest BCUT2D eigenvalue weighted by molar-refractivity contribution is 5.46. The Morgan fingerprint density at radius 1 is 1.24 bits per heavy atom. The van der Waals surface area contributed by atoms with Gasteiger partial charge in [0.2, 0.25) is 0 Å². The minimum atomic E-state index is -0.119. The summed E-state index contributed by atoms with van der Waals surface area (Å²) in [6.45, 7) is 6.41. The number of nitrogens with one attached hydrogen (secondary N) is 1. The van der Waals surface area contributed by atoms with Crippen molar-refractivity contribution in [3.05, 3.63) is 29.6 Å². The van der Waals surface area contributed by atoms with Crippen molar-refractivity contribution in [2.45, 2.75) is 46.1 Å². The smallest absolute Gasteiger partial charge is 0.128 e. The first kappa shape index (κ1) is 12.4. The van der Waals surface area contributed by atoms with Gasteiger partial charge in [-0.2, -0.15) is 0 Å². The summed E-state index contributed by atoms with van der Waals surface area (Å²) in [4.78, 5) is 0. The predicted octanol–water partition coefficient (Wildman–Crippen LogP) is 4.37. The van der Waals surface area contributed by atoms with Crippen molar-refractivity contribution in [3.63, 3.8) is 0 Å². The van der Waals surface area contributed by atoms with Gasteiger partial charge in [0.25, 0.3) is 0 Å². The Balaban J connectivity index is 2.07. The lowest BCUT2D eigenvalue weighted by atomic mass is 9.78. The van der Waals surface area contributed by atoms with Crippen LogP contribution in [0.2, 0.25) is 0 Å². The van der Waals surface area contributed by atoms with Crippen LogP contribution in [0.3, 0.4) is 0 Å². The van der Waals surface area contributed by atoms with Crippen molar-refractivity contribution in [1.82, 2.24) is 0 Å². The van der Waals surface area contributed by atoms with Crippen LogP contribution < -0.4 is 5.32 Å². The Labute approximate surface area is 103 Å². The van der Waals surface area contributed by atoms with Crippen LogP contribution in [0.15, 0.2) is 18.2 Å². The molecule has 1 N–H and O–H groups in total. The van der Waals surface area contributed by atoms with Gasteiger partial charge in [-0.1, -0.05) is 32.8 Å². The zero-order chi connectivity index (χ0) is 12.4. The molecule has 2 rings (SSSR count). The molecule has 17 heavy (non-hydrogen) atoms. The fourth-order valence-corrected chi connectivity index (χ4v) is 2.68. The van der Waals surface area contributed by atoms with Crippen molar-refractivity contribution < 1.29 is 4.39 Å². The molecular weight excluding hydrogens is 213 g/mol. The van der Waals surface area contributed by atoms with E-state index in [-0.39, 0.29) is 5.82 Å². The Bertz CT molecular complexity index is 389. The second-order valence-corrected chi connectivity index (χ2v) is 5.48. The van der Waals surface area contributed by atoms with Crippen LogP contribution in [-0.2, 0) is 0 Å². The van der Waals surface area contributed by atoms with Crippen molar-refractivity contribution in [3.8, 4) is 0 Å². The van der Waals surface area contributed by atoms with Crippen molar-refractivity contribution >= 4 is 5.69 Å². The lowest BCUT2D eigenvalue weighted by Crippen LogP contribution is -2.35. The molecule has 1 aliphatic rings. The standard InChI is InChI=1S/C15H22FN/c1-10-5-4-6-15(12(10)3)17-13-8-7-11(2)14(16)9-13/h7-10,12,15,17H,4-6H2,1-3H3. The fraction of sp³-hybridized carbons (Fsp3) is 0.600. The first-order valence-electron chi connectivity index (χ1n) is 6.60. The van der Waals surface area contributed by atoms with E-state index in [9.17, 15) is 4.39 Å². The second kappa shape index (κ2) is 5.07.